The highest BCUT2D eigenvalue weighted by atomic mass is 16.5. The van der Waals surface area contributed by atoms with Gasteiger partial charge in [-0.3, -0.25) is 9.59 Å². The zero-order valence-corrected chi connectivity index (χ0v) is 16.2. The van der Waals surface area contributed by atoms with Crippen molar-refractivity contribution in [1.82, 2.24) is 0 Å². The van der Waals surface area contributed by atoms with E-state index >= 15 is 0 Å². The summed E-state index contributed by atoms with van der Waals surface area (Å²) in [6, 6.07) is 11.8. The summed E-state index contributed by atoms with van der Waals surface area (Å²) in [7, 11) is 0. The number of hydrogen-bond donors (Lipinski definition) is 2. The molecule has 0 fully saturated rings. The van der Waals surface area contributed by atoms with Gasteiger partial charge in [0.1, 0.15) is 6.04 Å². The Balaban J connectivity index is 2.02. The summed E-state index contributed by atoms with van der Waals surface area (Å²) < 4.78 is 11.2. The summed E-state index contributed by atoms with van der Waals surface area (Å²) in [6.45, 7) is 8.17. The minimum absolute atomic E-state index is 0.0106. The number of nitrogens with one attached hydrogen (secondary N) is 2. The molecule has 2 aromatic carbocycles. The number of rotatable bonds is 9. The molecule has 0 saturated heterocycles. The Labute approximate surface area is 159 Å². The minimum Gasteiger partial charge on any atom is -0.490 e. The molecule has 1 amide bonds. The van der Waals surface area contributed by atoms with Gasteiger partial charge in [-0.05, 0) is 64.1 Å². The molecular weight excluding hydrogens is 344 g/mol. The van der Waals surface area contributed by atoms with Gasteiger partial charge in [0, 0.05) is 23.0 Å². The number of carbonyl (C=O) groups excluding carboxylic acids is 2. The van der Waals surface area contributed by atoms with E-state index in [-0.39, 0.29) is 11.7 Å². The van der Waals surface area contributed by atoms with Crippen molar-refractivity contribution < 1.29 is 19.1 Å². The summed E-state index contributed by atoms with van der Waals surface area (Å²) in [5, 5.41) is 5.99. The van der Waals surface area contributed by atoms with Crippen LogP contribution < -0.4 is 20.1 Å². The smallest absolute Gasteiger partial charge is 0.246 e. The zero-order valence-electron chi connectivity index (χ0n) is 16.2. The summed E-state index contributed by atoms with van der Waals surface area (Å²) in [6.07, 6.45) is 0. The number of carbonyl (C=O) groups is 2. The van der Waals surface area contributed by atoms with Gasteiger partial charge >= 0.3 is 0 Å². The standard InChI is InChI=1S/C21H26N2O4/c1-5-26-19-12-11-18(13-20(19)27-6-2)22-14(3)21(25)23-17-9-7-16(8-10-17)15(4)24/h7-14,22H,5-6H2,1-4H3,(H,23,25)/t14-/m0/s1. The van der Waals surface area contributed by atoms with Gasteiger partial charge in [0.2, 0.25) is 5.91 Å². The van der Waals surface area contributed by atoms with Crippen LogP contribution in [-0.4, -0.2) is 30.9 Å². The number of benzene rings is 2. The lowest BCUT2D eigenvalue weighted by molar-refractivity contribution is -0.116. The largest absolute Gasteiger partial charge is 0.490 e. The van der Waals surface area contributed by atoms with Crippen LogP contribution >= 0.6 is 0 Å². The van der Waals surface area contributed by atoms with Gasteiger partial charge in [0.15, 0.2) is 17.3 Å². The molecule has 6 heteroatoms. The van der Waals surface area contributed by atoms with E-state index in [0.717, 1.165) is 5.69 Å². The summed E-state index contributed by atoms with van der Waals surface area (Å²) in [4.78, 5) is 23.7. The quantitative estimate of drug-likeness (QED) is 0.649. The van der Waals surface area contributed by atoms with E-state index in [9.17, 15) is 9.59 Å². The predicted octanol–water partition coefficient (Wildman–Crippen LogP) is 4.13. The van der Waals surface area contributed by atoms with Crippen molar-refractivity contribution in [3.05, 3.63) is 48.0 Å². The molecule has 1 atom stereocenters. The molecule has 0 radical (unpaired) electrons. The number of ether oxygens (including phenoxy) is 2. The molecule has 0 unspecified atom stereocenters. The molecule has 2 rings (SSSR count). The fourth-order valence-corrected chi connectivity index (χ4v) is 2.50. The van der Waals surface area contributed by atoms with Crippen LogP contribution in [0.1, 0.15) is 38.1 Å². The van der Waals surface area contributed by atoms with Crippen LogP contribution in [0, 0.1) is 0 Å². The molecule has 0 bridgehead atoms. The van der Waals surface area contributed by atoms with Crippen molar-refractivity contribution in [3.8, 4) is 11.5 Å². The first-order valence-electron chi connectivity index (χ1n) is 9.02. The number of anilines is 2. The number of Topliss-reactive ketones (excluding diaryl/α,β-unsaturated/α-hetero) is 1. The van der Waals surface area contributed by atoms with Gasteiger partial charge < -0.3 is 20.1 Å². The van der Waals surface area contributed by atoms with Crippen LogP contribution in [0.3, 0.4) is 0 Å². The second-order valence-electron chi connectivity index (χ2n) is 6.02. The van der Waals surface area contributed by atoms with Crippen molar-refractivity contribution in [1.29, 1.82) is 0 Å². The Kier molecular flexibility index (Phi) is 7.23. The third kappa shape index (κ3) is 5.74. The lowest BCUT2D eigenvalue weighted by Gasteiger charge is -2.17. The molecule has 0 spiro atoms. The summed E-state index contributed by atoms with van der Waals surface area (Å²) in [5.74, 6) is 1.12. The van der Waals surface area contributed by atoms with Crippen molar-refractivity contribution >= 4 is 23.1 Å². The highest BCUT2D eigenvalue weighted by Crippen LogP contribution is 2.31. The molecule has 2 aromatic rings. The first-order valence-corrected chi connectivity index (χ1v) is 9.02. The lowest BCUT2D eigenvalue weighted by Crippen LogP contribution is -2.31. The van der Waals surface area contributed by atoms with E-state index in [2.05, 4.69) is 10.6 Å². The SMILES string of the molecule is CCOc1ccc(N[C@@H](C)C(=O)Nc2ccc(C(C)=O)cc2)cc1OCC. The molecule has 0 aliphatic heterocycles. The molecular formula is C21H26N2O4. The van der Waals surface area contributed by atoms with E-state index in [1.165, 1.54) is 6.92 Å². The second-order valence-corrected chi connectivity index (χ2v) is 6.02. The van der Waals surface area contributed by atoms with Gasteiger partial charge in [-0.2, -0.15) is 0 Å². The number of amides is 1. The first kappa shape index (κ1) is 20.3. The zero-order chi connectivity index (χ0) is 19.8. The van der Waals surface area contributed by atoms with Crippen LogP contribution in [0.15, 0.2) is 42.5 Å². The normalized spacial score (nSPS) is 11.4. The Morgan fingerprint density at radius 2 is 1.52 bits per heavy atom. The van der Waals surface area contributed by atoms with Gasteiger partial charge in [-0.25, -0.2) is 0 Å². The lowest BCUT2D eigenvalue weighted by atomic mass is 10.1. The van der Waals surface area contributed by atoms with Gasteiger partial charge in [-0.1, -0.05) is 0 Å². The van der Waals surface area contributed by atoms with Crippen molar-refractivity contribution in [2.75, 3.05) is 23.8 Å². The third-order valence-electron chi connectivity index (χ3n) is 3.88. The van der Waals surface area contributed by atoms with Crippen LogP contribution in [0.2, 0.25) is 0 Å². The highest BCUT2D eigenvalue weighted by Gasteiger charge is 2.14. The molecule has 0 aromatic heterocycles. The monoisotopic (exact) mass is 370 g/mol. The number of hydrogen-bond acceptors (Lipinski definition) is 5. The second kappa shape index (κ2) is 9.62. The minimum atomic E-state index is -0.468. The fraction of sp³-hybridized carbons (Fsp3) is 0.333. The molecule has 2 N–H and O–H groups in total. The number of ketones is 1. The van der Waals surface area contributed by atoms with Crippen LogP contribution in [0.4, 0.5) is 11.4 Å². The molecule has 0 aliphatic rings. The van der Waals surface area contributed by atoms with E-state index in [0.29, 0.717) is 36.0 Å². The maximum Gasteiger partial charge on any atom is 0.246 e. The molecule has 27 heavy (non-hydrogen) atoms. The predicted molar refractivity (Wildman–Crippen MR) is 107 cm³/mol. The maximum absolute atomic E-state index is 12.4. The molecule has 0 saturated carbocycles. The van der Waals surface area contributed by atoms with Gasteiger partial charge in [-0.15, -0.1) is 0 Å². The first-order chi connectivity index (χ1) is 12.9. The van der Waals surface area contributed by atoms with Crippen LogP contribution in [0.5, 0.6) is 11.5 Å². The average Bonchev–Trinajstić information content (AvgIpc) is 2.64. The van der Waals surface area contributed by atoms with Gasteiger partial charge in [0.05, 0.1) is 13.2 Å². The summed E-state index contributed by atoms with van der Waals surface area (Å²) >= 11 is 0. The topological polar surface area (TPSA) is 76.7 Å². The van der Waals surface area contributed by atoms with Crippen molar-refractivity contribution in [2.45, 2.75) is 33.7 Å². The highest BCUT2D eigenvalue weighted by molar-refractivity contribution is 5.98. The Bertz CT molecular complexity index is 787. The molecule has 6 nitrogen and oxygen atoms in total. The Hall–Kier alpha value is -3.02. The van der Waals surface area contributed by atoms with E-state index in [4.69, 9.17) is 9.47 Å². The van der Waals surface area contributed by atoms with Crippen molar-refractivity contribution in [3.63, 3.8) is 0 Å². The molecule has 0 heterocycles. The van der Waals surface area contributed by atoms with Crippen LogP contribution in [0.25, 0.3) is 0 Å². The van der Waals surface area contributed by atoms with E-state index in [1.54, 1.807) is 31.2 Å². The Morgan fingerprint density at radius 3 is 2.11 bits per heavy atom. The Morgan fingerprint density at radius 1 is 0.926 bits per heavy atom. The van der Waals surface area contributed by atoms with E-state index < -0.39 is 6.04 Å². The van der Waals surface area contributed by atoms with Gasteiger partial charge in [0.25, 0.3) is 0 Å². The van der Waals surface area contributed by atoms with Crippen molar-refractivity contribution in [2.24, 2.45) is 0 Å². The average molecular weight is 370 g/mol. The van der Waals surface area contributed by atoms with E-state index in [1.807, 2.05) is 32.0 Å². The molecule has 144 valence electrons. The van der Waals surface area contributed by atoms with Crippen LogP contribution in [-0.2, 0) is 4.79 Å². The maximum atomic E-state index is 12.4. The fourth-order valence-electron chi connectivity index (χ4n) is 2.50. The summed E-state index contributed by atoms with van der Waals surface area (Å²) in [5.41, 5.74) is 2.01. The molecule has 0 aliphatic carbocycles. The third-order valence-corrected chi connectivity index (χ3v) is 3.88.